The number of hydrogen-bond acceptors (Lipinski definition) is 4. The summed E-state index contributed by atoms with van der Waals surface area (Å²) < 4.78 is 0. The highest BCUT2D eigenvalue weighted by Crippen LogP contribution is 2.15. The molecule has 5 heteroatoms. The maximum absolute atomic E-state index is 9.40. The van der Waals surface area contributed by atoms with Gasteiger partial charge in [0.25, 0.3) is 0 Å². The zero-order valence-corrected chi connectivity index (χ0v) is 7.25. The highest BCUT2D eigenvalue weighted by molar-refractivity contribution is 6.58. The first-order valence-corrected chi connectivity index (χ1v) is 4.13. The fourth-order valence-electron chi connectivity index (χ4n) is 1.31. The molecule has 0 unspecified atom stereocenters. The molecular formula is C9H8BNO3. The number of fused-ring (bicyclic) bond motifs is 1. The van der Waals surface area contributed by atoms with E-state index in [1.807, 2.05) is 6.07 Å². The minimum Gasteiger partial charge on any atom is -0.507 e. The van der Waals surface area contributed by atoms with Crippen LogP contribution in [0.3, 0.4) is 0 Å². The van der Waals surface area contributed by atoms with Gasteiger partial charge in [0, 0.05) is 5.39 Å². The van der Waals surface area contributed by atoms with Crippen LogP contribution in [0.2, 0.25) is 0 Å². The first-order valence-electron chi connectivity index (χ1n) is 4.13. The highest BCUT2D eigenvalue weighted by atomic mass is 16.4. The summed E-state index contributed by atoms with van der Waals surface area (Å²) in [6.07, 6.45) is 0. The highest BCUT2D eigenvalue weighted by Gasteiger charge is 2.18. The van der Waals surface area contributed by atoms with E-state index in [2.05, 4.69) is 4.98 Å². The van der Waals surface area contributed by atoms with Crippen LogP contribution in [0.5, 0.6) is 5.75 Å². The van der Waals surface area contributed by atoms with Gasteiger partial charge in [-0.15, -0.1) is 0 Å². The average molecular weight is 189 g/mol. The SMILES string of the molecule is OB(O)c1nc2ccccc2cc1O. The van der Waals surface area contributed by atoms with Crippen LogP contribution >= 0.6 is 0 Å². The van der Waals surface area contributed by atoms with Gasteiger partial charge in [0.2, 0.25) is 0 Å². The Kier molecular flexibility index (Phi) is 2.11. The average Bonchev–Trinajstić information content (AvgIpc) is 2.16. The standard InChI is InChI=1S/C9H8BNO3/c12-8-5-6-3-1-2-4-7(6)11-9(8)10(13)14/h1-5,12-14H. The van der Waals surface area contributed by atoms with Crippen LogP contribution in [-0.4, -0.2) is 27.3 Å². The number of hydrogen-bond donors (Lipinski definition) is 3. The van der Waals surface area contributed by atoms with Gasteiger partial charge < -0.3 is 15.2 Å². The van der Waals surface area contributed by atoms with Crippen LogP contribution in [0, 0.1) is 0 Å². The van der Waals surface area contributed by atoms with Crippen LogP contribution in [0.4, 0.5) is 0 Å². The van der Waals surface area contributed by atoms with Crippen molar-refractivity contribution in [3.8, 4) is 5.75 Å². The molecule has 0 aliphatic heterocycles. The molecule has 14 heavy (non-hydrogen) atoms. The predicted molar refractivity (Wildman–Crippen MR) is 53.2 cm³/mol. The van der Waals surface area contributed by atoms with Crippen molar-refractivity contribution in [3.05, 3.63) is 30.3 Å². The molecule has 1 heterocycles. The maximum Gasteiger partial charge on any atom is 0.512 e. The summed E-state index contributed by atoms with van der Waals surface area (Å²) in [6.45, 7) is 0. The fourth-order valence-corrected chi connectivity index (χ4v) is 1.31. The van der Waals surface area contributed by atoms with E-state index in [4.69, 9.17) is 10.0 Å². The maximum atomic E-state index is 9.40. The molecule has 0 aliphatic carbocycles. The van der Waals surface area contributed by atoms with Crippen LogP contribution in [0.25, 0.3) is 10.9 Å². The van der Waals surface area contributed by atoms with E-state index in [9.17, 15) is 5.11 Å². The lowest BCUT2D eigenvalue weighted by Crippen LogP contribution is -2.32. The van der Waals surface area contributed by atoms with Crippen molar-refractivity contribution in [2.24, 2.45) is 0 Å². The Bertz CT molecular complexity index is 473. The number of aromatic hydroxyl groups is 1. The molecule has 1 aromatic carbocycles. The lowest BCUT2D eigenvalue weighted by atomic mass is 9.84. The molecule has 0 atom stereocenters. The monoisotopic (exact) mass is 189 g/mol. The van der Waals surface area contributed by atoms with Gasteiger partial charge in [-0.3, -0.25) is 4.98 Å². The summed E-state index contributed by atoms with van der Waals surface area (Å²) >= 11 is 0. The molecule has 0 saturated heterocycles. The van der Waals surface area contributed by atoms with Crippen molar-refractivity contribution in [3.63, 3.8) is 0 Å². The molecule has 0 fully saturated rings. The minimum atomic E-state index is -1.75. The molecular weight excluding hydrogens is 181 g/mol. The van der Waals surface area contributed by atoms with Crippen LogP contribution < -0.4 is 5.59 Å². The van der Waals surface area contributed by atoms with Crippen LogP contribution in [0.15, 0.2) is 30.3 Å². The summed E-state index contributed by atoms with van der Waals surface area (Å²) in [5, 5.41) is 27.9. The van der Waals surface area contributed by atoms with E-state index in [0.29, 0.717) is 5.52 Å². The van der Waals surface area contributed by atoms with E-state index < -0.39 is 7.12 Å². The van der Waals surface area contributed by atoms with E-state index in [1.165, 1.54) is 6.07 Å². The van der Waals surface area contributed by atoms with Gasteiger partial charge in [0.05, 0.1) is 5.52 Å². The number of rotatable bonds is 1. The lowest BCUT2D eigenvalue weighted by molar-refractivity contribution is 0.417. The van der Waals surface area contributed by atoms with Gasteiger partial charge in [0.1, 0.15) is 11.3 Å². The van der Waals surface area contributed by atoms with Crippen molar-refractivity contribution < 1.29 is 15.2 Å². The third-order valence-electron chi connectivity index (χ3n) is 1.98. The predicted octanol–water partition coefficient (Wildman–Crippen LogP) is -0.380. The van der Waals surface area contributed by atoms with Crippen molar-refractivity contribution in [2.45, 2.75) is 0 Å². The van der Waals surface area contributed by atoms with Crippen molar-refractivity contribution in [1.29, 1.82) is 0 Å². The molecule has 0 bridgehead atoms. The van der Waals surface area contributed by atoms with Gasteiger partial charge in [0.15, 0.2) is 0 Å². The van der Waals surface area contributed by atoms with Gasteiger partial charge in [-0.05, 0) is 12.1 Å². The minimum absolute atomic E-state index is 0.122. The van der Waals surface area contributed by atoms with Crippen LogP contribution in [-0.2, 0) is 0 Å². The van der Waals surface area contributed by atoms with Gasteiger partial charge in [-0.25, -0.2) is 0 Å². The lowest BCUT2D eigenvalue weighted by Gasteiger charge is -2.04. The van der Waals surface area contributed by atoms with E-state index in [-0.39, 0.29) is 11.3 Å². The summed E-state index contributed by atoms with van der Waals surface area (Å²) in [5.74, 6) is -0.210. The largest absolute Gasteiger partial charge is 0.512 e. The topological polar surface area (TPSA) is 73.6 Å². The normalized spacial score (nSPS) is 10.4. The van der Waals surface area contributed by atoms with Crippen molar-refractivity contribution in [2.75, 3.05) is 0 Å². The van der Waals surface area contributed by atoms with Gasteiger partial charge in [-0.1, -0.05) is 18.2 Å². The molecule has 2 rings (SSSR count). The summed E-state index contributed by atoms with van der Waals surface area (Å²) in [7, 11) is -1.75. The number of nitrogens with zero attached hydrogens (tertiary/aromatic N) is 1. The molecule has 0 radical (unpaired) electrons. The third kappa shape index (κ3) is 1.43. The van der Waals surface area contributed by atoms with Crippen LogP contribution in [0.1, 0.15) is 0 Å². The number of aromatic nitrogens is 1. The van der Waals surface area contributed by atoms with Crippen molar-refractivity contribution >= 4 is 23.6 Å². The molecule has 3 N–H and O–H groups in total. The first-order chi connectivity index (χ1) is 6.68. The summed E-state index contributed by atoms with van der Waals surface area (Å²) in [5.41, 5.74) is 0.497. The smallest absolute Gasteiger partial charge is 0.507 e. The van der Waals surface area contributed by atoms with Gasteiger partial charge in [-0.2, -0.15) is 0 Å². The Balaban J connectivity index is 2.71. The Morgan fingerprint density at radius 1 is 1.14 bits per heavy atom. The second-order valence-corrected chi connectivity index (χ2v) is 2.96. The number of benzene rings is 1. The quantitative estimate of drug-likeness (QED) is 0.534. The molecule has 1 aromatic heterocycles. The molecule has 0 amide bonds. The third-order valence-corrected chi connectivity index (χ3v) is 1.98. The molecule has 0 aliphatic rings. The van der Waals surface area contributed by atoms with E-state index >= 15 is 0 Å². The Morgan fingerprint density at radius 3 is 2.57 bits per heavy atom. The Hall–Kier alpha value is -1.59. The van der Waals surface area contributed by atoms with Crippen molar-refractivity contribution in [1.82, 2.24) is 4.98 Å². The Labute approximate surface area is 80.6 Å². The second-order valence-electron chi connectivity index (χ2n) is 2.96. The molecule has 70 valence electrons. The molecule has 0 spiro atoms. The van der Waals surface area contributed by atoms with Gasteiger partial charge >= 0.3 is 7.12 Å². The first kappa shape index (κ1) is 8.99. The second kappa shape index (κ2) is 3.28. The summed E-state index contributed by atoms with van der Waals surface area (Å²) in [4.78, 5) is 3.92. The molecule has 4 nitrogen and oxygen atoms in total. The van der Waals surface area contributed by atoms with E-state index in [1.54, 1.807) is 18.2 Å². The number of para-hydroxylation sites is 1. The molecule has 2 aromatic rings. The number of pyridine rings is 1. The fraction of sp³-hybridized carbons (Fsp3) is 0. The van der Waals surface area contributed by atoms with E-state index in [0.717, 1.165) is 5.39 Å². The zero-order valence-electron chi connectivity index (χ0n) is 7.25. The Morgan fingerprint density at radius 2 is 1.86 bits per heavy atom. The molecule has 0 saturated carbocycles. The zero-order chi connectivity index (χ0) is 10.1. The summed E-state index contributed by atoms with van der Waals surface area (Å²) in [6, 6.07) is 8.59.